The Bertz CT molecular complexity index is 282. The number of aliphatic carboxylic acids is 6. The third-order valence-electron chi connectivity index (χ3n) is 0.500. The Morgan fingerprint density at radius 2 is 0.429 bits per heavy atom. The Morgan fingerprint density at radius 3 is 0.429 bits per heavy atom. The second kappa shape index (κ2) is 20.8. The van der Waals surface area contributed by atoms with Crippen LogP contribution in [0.3, 0.4) is 0 Å². The van der Waals surface area contributed by atoms with E-state index in [0.717, 1.165) is 0 Å². The van der Waals surface area contributed by atoms with E-state index in [2.05, 4.69) is 0 Å². The first-order valence-corrected chi connectivity index (χ1v) is 3.20. The van der Waals surface area contributed by atoms with Crippen LogP contribution >= 0.6 is 0 Å². The number of rotatable bonds is 0. The fraction of sp³-hybridized carbons (Fsp3) is 0. The summed E-state index contributed by atoms with van der Waals surface area (Å²) in [7, 11) is 0. The zero-order chi connectivity index (χ0) is 15.5. The first kappa shape index (κ1) is 36.6. The summed E-state index contributed by atoms with van der Waals surface area (Å²) < 4.78 is 0. The minimum absolute atomic E-state index is 0. The third kappa shape index (κ3) is 45.7. The predicted octanol–water partition coefficient (Wildman–Crippen LogP) is -11.4. The van der Waals surface area contributed by atoms with Crippen molar-refractivity contribution >= 4 is 35.8 Å². The topological polar surface area (TPSA) is 272 Å². The summed E-state index contributed by atoms with van der Waals surface area (Å²) in [4.78, 5) is 53.6. The first-order valence-electron chi connectivity index (χ1n) is 3.20. The second-order valence-electron chi connectivity index (χ2n) is 1.72. The van der Waals surface area contributed by atoms with Crippen molar-refractivity contribution < 1.29 is 117 Å². The Kier molecular flexibility index (Phi) is 36.3. The van der Waals surface area contributed by atoms with Gasteiger partial charge in [-0.2, -0.15) is 0 Å². The van der Waals surface area contributed by atoms with E-state index in [4.69, 9.17) is 59.4 Å². The van der Waals surface area contributed by atoms with Crippen LogP contribution in [-0.2, 0) is 80.5 Å². The second-order valence-corrected chi connectivity index (χ2v) is 1.72. The summed E-state index contributed by atoms with van der Waals surface area (Å²) in [6.45, 7) is 0. The van der Waals surface area contributed by atoms with Gasteiger partial charge < -0.3 is 64.9 Å². The Labute approximate surface area is 152 Å². The maximum absolute atomic E-state index is 8.93. The van der Waals surface area contributed by atoms with Crippen molar-refractivity contribution in [3.8, 4) is 0 Å². The Hall–Kier alpha value is -1.48. The van der Waals surface area contributed by atoms with Gasteiger partial charge in [0.2, 0.25) is 0 Å². The summed E-state index contributed by atoms with van der Waals surface area (Å²) in [5, 5.41) is 53.6. The van der Waals surface area contributed by atoms with Crippen LogP contribution in [-0.4, -0.2) is 41.3 Å². The number of carboxylic acid groups (broad SMARTS) is 6. The summed E-state index contributed by atoms with van der Waals surface area (Å²) >= 11 is 0. The van der Waals surface area contributed by atoms with E-state index in [1.807, 2.05) is 0 Å². The molecule has 0 rings (SSSR count). The quantitative estimate of drug-likeness (QED) is 0.358. The van der Waals surface area contributed by atoms with Crippen molar-refractivity contribution in [1.29, 1.82) is 0 Å². The number of carboxylic acids is 6. The largest absolute Gasteiger partial charge is 3.00 e. The molecule has 13 nitrogen and oxygen atoms in total. The molecular formula is C6H2O13Sc2. The predicted molar refractivity (Wildman–Crippen MR) is 33.7 cm³/mol. The number of hydrogen-bond donors (Lipinski definition) is 0. The molecule has 0 unspecified atom stereocenters. The third-order valence-corrected chi connectivity index (χ3v) is 0.500. The van der Waals surface area contributed by atoms with E-state index < -0.39 is 35.8 Å². The summed E-state index contributed by atoms with van der Waals surface area (Å²) in [5.41, 5.74) is 0. The molecule has 0 amide bonds. The van der Waals surface area contributed by atoms with E-state index in [1.165, 1.54) is 0 Å². The van der Waals surface area contributed by atoms with Gasteiger partial charge in [-0.25, -0.2) is 0 Å². The van der Waals surface area contributed by atoms with E-state index in [-0.39, 0.29) is 57.2 Å². The molecule has 0 aliphatic heterocycles. The molecular weight excluding hydrogens is 370 g/mol. The van der Waals surface area contributed by atoms with Crippen molar-refractivity contribution in [3.63, 3.8) is 0 Å². The van der Waals surface area contributed by atoms with Gasteiger partial charge in [-0.15, -0.1) is 0 Å². The zero-order valence-corrected chi connectivity index (χ0v) is 13.2. The zero-order valence-electron chi connectivity index (χ0n) is 9.55. The smallest absolute Gasteiger partial charge is 0.543 e. The van der Waals surface area contributed by atoms with Gasteiger partial charge in [0, 0.05) is 0 Å². The van der Waals surface area contributed by atoms with Crippen LogP contribution in [0.25, 0.3) is 0 Å². The van der Waals surface area contributed by atoms with Crippen molar-refractivity contribution in [2.75, 3.05) is 0 Å². The maximum Gasteiger partial charge on any atom is 3.00 e. The maximum atomic E-state index is 8.93. The van der Waals surface area contributed by atoms with Gasteiger partial charge in [0.05, 0.1) is 35.8 Å². The molecule has 0 aromatic rings. The number of carbonyl (C=O) groups is 6. The van der Waals surface area contributed by atoms with Crippen LogP contribution in [0.4, 0.5) is 0 Å². The van der Waals surface area contributed by atoms with E-state index in [0.29, 0.717) is 0 Å². The fourth-order valence-corrected chi connectivity index (χ4v) is 0. The van der Waals surface area contributed by atoms with Gasteiger partial charge in [-0.1, -0.05) is 0 Å². The molecule has 0 bridgehead atoms. The molecule has 0 aliphatic rings. The normalized spacial score (nSPS) is 6.29. The molecule has 0 aromatic carbocycles. The van der Waals surface area contributed by atoms with Gasteiger partial charge in [0.1, 0.15) is 0 Å². The van der Waals surface area contributed by atoms with Gasteiger partial charge in [0.15, 0.2) is 0 Å². The van der Waals surface area contributed by atoms with E-state index in [1.54, 1.807) is 0 Å². The molecule has 0 radical (unpaired) electrons. The molecule has 0 spiro atoms. The van der Waals surface area contributed by atoms with Gasteiger partial charge in [-0.05, 0) is 0 Å². The number of hydrogen-bond acceptors (Lipinski definition) is 12. The van der Waals surface area contributed by atoms with Crippen molar-refractivity contribution in [1.82, 2.24) is 0 Å². The monoisotopic (exact) mass is 372 g/mol. The summed E-state index contributed by atoms with van der Waals surface area (Å²) in [5.74, 6) is -13.1. The average molecular weight is 372 g/mol. The summed E-state index contributed by atoms with van der Waals surface area (Å²) in [6.07, 6.45) is 0. The Morgan fingerprint density at radius 1 is 0.381 bits per heavy atom. The van der Waals surface area contributed by atoms with Gasteiger partial charge in [-0.3, -0.25) is 0 Å². The van der Waals surface area contributed by atoms with Crippen molar-refractivity contribution in [3.05, 3.63) is 0 Å². The van der Waals surface area contributed by atoms with Crippen LogP contribution in [0.5, 0.6) is 0 Å². The molecule has 0 heterocycles. The molecule has 0 saturated heterocycles. The molecule has 110 valence electrons. The van der Waals surface area contributed by atoms with Crippen LogP contribution in [0.1, 0.15) is 0 Å². The molecule has 0 aromatic heterocycles. The molecule has 0 aliphatic carbocycles. The van der Waals surface area contributed by atoms with E-state index in [9.17, 15) is 0 Å². The average Bonchev–Trinajstić information content (AvgIpc) is 2.18. The summed E-state index contributed by atoms with van der Waals surface area (Å²) in [6, 6.07) is 0. The fourth-order valence-electron chi connectivity index (χ4n) is 0. The number of carbonyl (C=O) groups excluding carboxylic acids is 6. The Balaban J connectivity index is -0.0000000375. The van der Waals surface area contributed by atoms with Gasteiger partial charge >= 0.3 is 51.7 Å². The SMILES string of the molecule is O.O=C([O-])C(=O)[O-].O=C([O-])C(=O)[O-].O=C([O-])C(=O)[O-].[Sc+3].[Sc+3]. The molecule has 21 heavy (non-hydrogen) atoms. The standard InChI is InChI=1S/3C2H2O4.H2O.2Sc/c3*3-1(4)2(5)6;;;/h3*(H,3,4)(H,5,6);1H2;;/q;;;;2*+3/p-6. The molecule has 0 atom stereocenters. The molecule has 0 fully saturated rings. The van der Waals surface area contributed by atoms with Gasteiger partial charge in [0.25, 0.3) is 0 Å². The van der Waals surface area contributed by atoms with Crippen molar-refractivity contribution in [2.45, 2.75) is 0 Å². The van der Waals surface area contributed by atoms with Crippen LogP contribution < -0.4 is 30.6 Å². The first-order chi connectivity index (χ1) is 7.93. The van der Waals surface area contributed by atoms with E-state index >= 15 is 0 Å². The molecule has 2 N–H and O–H groups in total. The minimum atomic E-state index is -2.19. The minimum Gasteiger partial charge on any atom is -0.543 e. The van der Waals surface area contributed by atoms with Crippen LogP contribution in [0.2, 0.25) is 0 Å². The van der Waals surface area contributed by atoms with Crippen molar-refractivity contribution in [2.24, 2.45) is 0 Å². The molecule has 0 saturated carbocycles. The van der Waals surface area contributed by atoms with Crippen LogP contribution in [0.15, 0.2) is 0 Å². The van der Waals surface area contributed by atoms with Crippen LogP contribution in [0, 0.1) is 0 Å². The molecule has 15 heteroatoms.